The zero-order chi connectivity index (χ0) is 10.8. The number of benzene rings is 1. The fraction of sp³-hybridized carbons (Fsp3) is 0.364. The summed E-state index contributed by atoms with van der Waals surface area (Å²) in [6.45, 7) is 2.25. The topological polar surface area (TPSA) is 42.2 Å². The number of fused-ring (bicyclic) bond motifs is 1. The summed E-state index contributed by atoms with van der Waals surface area (Å²) in [6, 6.07) is 6.01. The molecular formula is C11H10BrNO2. The van der Waals surface area contributed by atoms with E-state index >= 15 is 0 Å². The van der Waals surface area contributed by atoms with E-state index in [9.17, 15) is 0 Å². The van der Waals surface area contributed by atoms with Crippen molar-refractivity contribution < 1.29 is 9.47 Å². The molecule has 0 aromatic heterocycles. The van der Waals surface area contributed by atoms with Crippen LogP contribution >= 0.6 is 15.9 Å². The van der Waals surface area contributed by atoms with E-state index in [0.717, 1.165) is 28.0 Å². The number of nitrogens with zero attached hydrogens (tertiary/aromatic N) is 1. The molecule has 0 spiro atoms. The molecule has 0 saturated heterocycles. The molecule has 1 aromatic rings. The van der Waals surface area contributed by atoms with E-state index in [2.05, 4.69) is 22.0 Å². The Morgan fingerprint density at radius 1 is 1.47 bits per heavy atom. The minimum Gasteiger partial charge on any atom is -0.454 e. The SMILES string of the molecule is CCC(C#N)c1cc2c(cc1Br)OCO2. The molecule has 15 heavy (non-hydrogen) atoms. The maximum absolute atomic E-state index is 9.01. The number of nitriles is 1. The third-order valence-electron chi connectivity index (χ3n) is 2.43. The molecule has 1 aliphatic heterocycles. The van der Waals surface area contributed by atoms with Crippen LogP contribution in [0.1, 0.15) is 24.8 Å². The smallest absolute Gasteiger partial charge is 0.231 e. The van der Waals surface area contributed by atoms with Crippen LogP contribution in [0.4, 0.5) is 0 Å². The van der Waals surface area contributed by atoms with E-state index in [-0.39, 0.29) is 12.7 Å². The second kappa shape index (κ2) is 4.11. The van der Waals surface area contributed by atoms with Gasteiger partial charge in [-0.25, -0.2) is 0 Å². The summed E-state index contributed by atoms with van der Waals surface area (Å²) in [4.78, 5) is 0. The van der Waals surface area contributed by atoms with Gasteiger partial charge in [0.2, 0.25) is 6.79 Å². The van der Waals surface area contributed by atoms with Gasteiger partial charge in [-0.3, -0.25) is 0 Å². The maximum Gasteiger partial charge on any atom is 0.231 e. The van der Waals surface area contributed by atoms with Gasteiger partial charge in [-0.1, -0.05) is 22.9 Å². The molecular weight excluding hydrogens is 258 g/mol. The molecule has 1 aromatic carbocycles. The maximum atomic E-state index is 9.01. The van der Waals surface area contributed by atoms with E-state index in [0.29, 0.717) is 0 Å². The fourth-order valence-electron chi connectivity index (χ4n) is 1.58. The lowest BCUT2D eigenvalue weighted by Gasteiger charge is -2.09. The van der Waals surface area contributed by atoms with Crippen LogP contribution < -0.4 is 9.47 Å². The Bertz CT molecular complexity index is 425. The number of hydrogen-bond donors (Lipinski definition) is 0. The highest BCUT2D eigenvalue weighted by Gasteiger charge is 2.20. The largest absolute Gasteiger partial charge is 0.454 e. The molecule has 0 fully saturated rings. The first-order valence-electron chi connectivity index (χ1n) is 4.75. The quantitative estimate of drug-likeness (QED) is 0.827. The highest BCUT2D eigenvalue weighted by Crippen LogP contribution is 2.39. The van der Waals surface area contributed by atoms with Crippen molar-refractivity contribution in [2.24, 2.45) is 0 Å². The van der Waals surface area contributed by atoms with Crippen LogP contribution in [0.2, 0.25) is 0 Å². The van der Waals surface area contributed by atoms with Crippen LogP contribution in [-0.4, -0.2) is 6.79 Å². The van der Waals surface area contributed by atoms with Gasteiger partial charge in [0, 0.05) is 4.47 Å². The highest BCUT2D eigenvalue weighted by molar-refractivity contribution is 9.10. The minimum absolute atomic E-state index is 0.103. The van der Waals surface area contributed by atoms with Crippen molar-refractivity contribution >= 4 is 15.9 Å². The molecule has 1 atom stereocenters. The summed E-state index contributed by atoms with van der Waals surface area (Å²) in [5.74, 6) is 1.36. The molecule has 0 saturated carbocycles. The Morgan fingerprint density at radius 2 is 2.13 bits per heavy atom. The van der Waals surface area contributed by atoms with Crippen molar-refractivity contribution in [3.63, 3.8) is 0 Å². The van der Waals surface area contributed by atoms with Crippen LogP contribution in [-0.2, 0) is 0 Å². The Kier molecular flexibility index (Phi) is 2.83. The van der Waals surface area contributed by atoms with Crippen LogP contribution in [0.5, 0.6) is 11.5 Å². The fourth-order valence-corrected chi connectivity index (χ4v) is 2.18. The van der Waals surface area contributed by atoms with Gasteiger partial charge in [-0.2, -0.15) is 5.26 Å². The summed E-state index contributed by atoms with van der Waals surface area (Å²) in [5, 5.41) is 9.01. The van der Waals surface area contributed by atoms with Crippen LogP contribution in [0.15, 0.2) is 16.6 Å². The number of halogens is 1. The van der Waals surface area contributed by atoms with Crippen molar-refractivity contribution in [2.45, 2.75) is 19.3 Å². The summed E-state index contributed by atoms with van der Waals surface area (Å²) in [5.41, 5.74) is 0.962. The molecule has 0 amide bonds. The van der Waals surface area contributed by atoms with Crippen molar-refractivity contribution in [1.29, 1.82) is 5.26 Å². The van der Waals surface area contributed by atoms with Crippen LogP contribution in [0.25, 0.3) is 0 Å². The molecule has 3 nitrogen and oxygen atoms in total. The van der Waals surface area contributed by atoms with E-state index in [4.69, 9.17) is 14.7 Å². The predicted octanol–water partition coefficient (Wildman–Crippen LogP) is 3.19. The zero-order valence-corrected chi connectivity index (χ0v) is 9.87. The third-order valence-corrected chi connectivity index (χ3v) is 3.12. The first kappa shape index (κ1) is 10.3. The van der Waals surface area contributed by atoms with Gasteiger partial charge in [0.25, 0.3) is 0 Å². The van der Waals surface area contributed by atoms with Crippen molar-refractivity contribution in [2.75, 3.05) is 6.79 Å². The monoisotopic (exact) mass is 267 g/mol. The molecule has 0 aliphatic carbocycles. The number of rotatable bonds is 2. The molecule has 2 rings (SSSR count). The third kappa shape index (κ3) is 1.80. The summed E-state index contributed by atoms with van der Waals surface area (Å²) in [6.07, 6.45) is 0.786. The van der Waals surface area contributed by atoms with Gasteiger partial charge in [0.15, 0.2) is 11.5 Å². The second-order valence-corrected chi connectivity index (χ2v) is 4.17. The van der Waals surface area contributed by atoms with E-state index < -0.39 is 0 Å². The molecule has 0 radical (unpaired) electrons. The van der Waals surface area contributed by atoms with Gasteiger partial charge in [-0.05, 0) is 24.1 Å². The average molecular weight is 268 g/mol. The van der Waals surface area contributed by atoms with Gasteiger partial charge >= 0.3 is 0 Å². The van der Waals surface area contributed by atoms with Gasteiger partial charge < -0.3 is 9.47 Å². The predicted molar refractivity (Wildman–Crippen MR) is 58.9 cm³/mol. The standard InChI is InChI=1S/C11H10BrNO2/c1-2-7(5-13)8-3-10-11(4-9(8)12)15-6-14-10/h3-4,7H,2,6H2,1H3. The molecule has 4 heteroatoms. The van der Waals surface area contributed by atoms with Crippen LogP contribution in [0, 0.1) is 11.3 Å². The van der Waals surface area contributed by atoms with E-state index in [1.54, 1.807) is 0 Å². The van der Waals surface area contributed by atoms with Crippen molar-refractivity contribution in [3.8, 4) is 17.6 Å². The van der Waals surface area contributed by atoms with E-state index in [1.165, 1.54) is 0 Å². The Hall–Kier alpha value is -1.21. The first-order chi connectivity index (χ1) is 7.26. The molecule has 0 bridgehead atoms. The molecule has 1 heterocycles. The lowest BCUT2D eigenvalue weighted by molar-refractivity contribution is 0.174. The first-order valence-corrected chi connectivity index (χ1v) is 5.54. The second-order valence-electron chi connectivity index (χ2n) is 3.32. The van der Waals surface area contributed by atoms with Gasteiger partial charge in [0.1, 0.15) is 0 Å². The number of ether oxygens (including phenoxy) is 2. The number of hydrogen-bond acceptors (Lipinski definition) is 3. The lowest BCUT2D eigenvalue weighted by atomic mass is 9.98. The molecule has 1 aliphatic rings. The average Bonchev–Trinajstić information content (AvgIpc) is 2.67. The highest BCUT2D eigenvalue weighted by atomic mass is 79.9. The van der Waals surface area contributed by atoms with Gasteiger partial charge in [-0.15, -0.1) is 0 Å². The Morgan fingerprint density at radius 3 is 2.73 bits per heavy atom. The zero-order valence-electron chi connectivity index (χ0n) is 8.29. The Labute approximate surface area is 96.7 Å². The summed E-state index contributed by atoms with van der Waals surface area (Å²) in [7, 11) is 0. The lowest BCUT2D eigenvalue weighted by Crippen LogP contribution is -1.95. The van der Waals surface area contributed by atoms with Crippen molar-refractivity contribution in [1.82, 2.24) is 0 Å². The van der Waals surface area contributed by atoms with Crippen LogP contribution in [0.3, 0.4) is 0 Å². The Balaban J connectivity index is 2.45. The summed E-state index contributed by atoms with van der Waals surface area (Å²) < 4.78 is 11.4. The normalized spacial score (nSPS) is 14.7. The van der Waals surface area contributed by atoms with Crippen molar-refractivity contribution in [3.05, 3.63) is 22.2 Å². The van der Waals surface area contributed by atoms with Gasteiger partial charge in [0.05, 0.1) is 12.0 Å². The molecule has 1 unspecified atom stereocenters. The van der Waals surface area contributed by atoms with E-state index in [1.807, 2.05) is 19.1 Å². The molecule has 78 valence electrons. The molecule has 0 N–H and O–H groups in total. The summed E-state index contributed by atoms with van der Waals surface area (Å²) >= 11 is 3.45. The minimum atomic E-state index is -0.103.